The Hall–Kier alpha value is -2.35. The molecule has 3 rings (SSSR count). The molecular formula is C16H20N4O3S. The monoisotopic (exact) mass is 348 g/mol. The second-order valence-electron chi connectivity index (χ2n) is 5.57. The van der Waals surface area contributed by atoms with E-state index in [1.165, 1.54) is 11.3 Å². The van der Waals surface area contributed by atoms with Gasteiger partial charge in [0.1, 0.15) is 22.6 Å². The smallest absolute Gasteiger partial charge is 0.321 e. The van der Waals surface area contributed by atoms with Crippen LogP contribution in [0.2, 0.25) is 0 Å². The molecule has 7 nitrogen and oxygen atoms in total. The largest absolute Gasteiger partial charge is 0.494 e. The van der Waals surface area contributed by atoms with E-state index in [0.717, 1.165) is 34.1 Å². The summed E-state index contributed by atoms with van der Waals surface area (Å²) in [5.41, 5.74) is 2.02. The number of urea groups is 1. The molecule has 0 fully saturated rings. The molecule has 2 amide bonds. The van der Waals surface area contributed by atoms with Gasteiger partial charge in [0, 0.05) is 24.1 Å². The molecule has 2 N–H and O–H groups in total. The lowest BCUT2D eigenvalue weighted by Crippen LogP contribution is -2.28. The van der Waals surface area contributed by atoms with E-state index in [0.29, 0.717) is 18.3 Å². The topological polar surface area (TPSA) is 85.4 Å². The van der Waals surface area contributed by atoms with Crippen LogP contribution in [0.1, 0.15) is 30.0 Å². The molecule has 128 valence electrons. The highest BCUT2D eigenvalue weighted by atomic mass is 32.1. The Morgan fingerprint density at radius 3 is 3.00 bits per heavy atom. The quantitative estimate of drug-likeness (QED) is 0.868. The summed E-state index contributed by atoms with van der Waals surface area (Å²) in [6, 6.07) is 3.62. The number of hydrogen-bond acceptors (Lipinski definition) is 6. The maximum atomic E-state index is 12.0. The first-order chi connectivity index (χ1) is 11.5. The van der Waals surface area contributed by atoms with E-state index in [9.17, 15) is 4.79 Å². The molecule has 1 aliphatic rings. The summed E-state index contributed by atoms with van der Waals surface area (Å²) in [6.07, 6.45) is 1.04. The number of amides is 2. The van der Waals surface area contributed by atoms with Crippen LogP contribution in [0.4, 0.5) is 9.93 Å². The summed E-state index contributed by atoms with van der Waals surface area (Å²) < 4.78 is 11.5. The highest BCUT2D eigenvalue weighted by Crippen LogP contribution is 2.35. The summed E-state index contributed by atoms with van der Waals surface area (Å²) in [6.45, 7) is 6.72. The van der Waals surface area contributed by atoms with Crippen LogP contribution in [-0.2, 0) is 13.0 Å². The molecule has 8 heteroatoms. The lowest BCUT2D eigenvalue weighted by atomic mass is 10.1. The predicted octanol–water partition coefficient (Wildman–Crippen LogP) is 2.89. The van der Waals surface area contributed by atoms with E-state index < -0.39 is 0 Å². The lowest BCUT2D eigenvalue weighted by molar-refractivity contribution is 0.250. The summed E-state index contributed by atoms with van der Waals surface area (Å²) in [4.78, 5) is 12.0. The number of benzene rings is 1. The first kappa shape index (κ1) is 16.5. The first-order valence-electron chi connectivity index (χ1n) is 7.85. The van der Waals surface area contributed by atoms with Gasteiger partial charge in [0.05, 0.1) is 6.61 Å². The normalized spacial score (nSPS) is 15.5. The van der Waals surface area contributed by atoms with Crippen LogP contribution < -0.4 is 20.1 Å². The van der Waals surface area contributed by atoms with Crippen molar-refractivity contribution < 1.29 is 14.3 Å². The Bertz CT molecular complexity index is 747. The highest BCUT2D eigenvalue weighted by Gasteiger charge is 2.22. The Balaban J connectivity index is 1.67. The number of carbonyl (C=O) groups is 1. The van der Waals surface area contributed by atoms with E-state index in [1.54, 1.807) is 0 Å². The minimum Gasteiger partial charge on any atom is -0.494 e. The summed E-state index contributed by atoms with van der Waals surface area (Å²) >= 11 is 1.33. The lowest BCUT2D eigenvalue weighted by Gasteiger charge is -2.13. The fraction of sp³-hybridized carbons (Fsp3) is 0.438. The number of hydrogen-bond donors (Lipinski definition) is 2. The van der Waals surface area contributed by atoms with Crippen molar-refractivity contribution >= 4 is 22.5 Å². The predicted molar refractivity (Wildman–Crippen MR) is 91.9 cm³/mol. The number of rotatable bonds is 5. The Kier molecular flexibility index (Phi) is 4.84. The van der Waals surface area contributed by atoms with E-state index in [1.807, 2.05) is 32.9 Å². The number of nitrogens with zero attached hydrogens (tertiary/aromatic N) is 2. The molecular weight excluding hydrogens is 328 g/mol. The zero-order valence-corrected chi connectivity index (χ0v) is 14.7. The van der Waals surface area contributed by atoms with Crippen molar-refractivity contribution in [2.24, 2.45) is 0 Å². The average molecular weight is 348 g/mol. The van der Waals surface area contributed by atoms with Gasteiger partial charge >= 0.3 is 6.03 Å². The fourth-order valence-corrected chi connectivity index (χ4v) is 3.16. The van der Waals surface area contributed by atoms with E-state index >= 15 is 0 Å². The number of aromatic nitrogens is 2. The standard InChI is InChI=1S/C16H20N4O3S/c1-4-22-13-6-11-5-9(2)23-14(11)7-12(13)8-17-15(21)18-16-20-19-10(3)24-16/h6-7,9H,4-5,8H2,1-3H3,(H2,17,18,20,21)/t9-/m1/s1. The van der Waals surface area contributed by atoms with Gasteiger partial charge in [-0.15, -0.1) is 10.2 Å². The molecule has 1 atom stereocenters. The molecule has 0 saturated carbocycles. The zero-order valence-electron chi connectivity index (χ0n) is 13.9. The van der Waals surface area contributed by atoms with Gasteiger partial charge in [-0.2, -0.15) is 0 Å². The van der Waals surface area contributed by atoms with Gasteiger partial charge < -0.3 is 14.8 Å². The molecule has 2 heterocycles. The number of aryl methyl sites for hydroxylation is 1. The van der Waals surface area contributed by atoms with Crippen LogP contribution in [0.5, 0.6) is 11.5 Å². The third-order valence-electron chi connectivity index (χ3n) is 3.56. The molecule has 2 aromatic rings. The van der Waals surface area contributed by atoms with Crippen molar-refractivity contribution in [1.82, 2.24) is 15.5 Å². The maximum Gasteiger partial charge on any atom is 0.321 e. The number of nitrogens with one attached hydrogen (secondary N) is 2. The minimum absolute atomic E-state index is 0.168. The molecule has 1 aromatic heterocycles. The van der Waals surface area contributed by atoms with Gasteiger partial charge in [0.15, 0.2) is 0 Å². The van der Waals surface area contributed by atoms with E-state index in [4.69, 9.17) is 9.47 Å². The molecule has 1 aliphatic heterocycles. The van der Waals surface area contributed by atoms with Crippen LogP contribution in [-0.4, -0.2) is 28.9 Å². The minimum atomic E-state index is -0.330. The highest BCUT2D eigenvalue weighted by molar-refractivity contribution is 7.15. The maximum absolute atomic E-state index is 12.0. The van der Waals surface area contributed by atoms with Crippen LogP contribution in [0.3, 0.4) is 0 Å². The fourth-order valence-electron chi connectivity index (χ4n) is 2.57. The van der Waals surface area contributed by atoms with Crippen molar-refractivity contribution in [2.75, 3.05) is 11.9 Å². The number of ether oxygens (including phenoxy) is 2. The summed E-state index contributed by atoms with van der Waals surface area (Å²) in [7, 11) is 0. The van der Waals surface area contributed by atoms with Crippen molar-refractivity contribution in [3.05, 3.63) is 28.3 Å². The van der Waals surface area contributed by atoms with Crippen molar-refractivity contribution in [3.63, 3.8) is 0 Å². The molecule has 0 radical (unpaired) electrons. The van der Waals surface area contributed by atoms with Gasteiger partial charge in [0.25, 0.3) is 0 Å². The van der Waals surface area contributed by atoms with Crippen LogP contribution >= 0.6 is 11.3 Å². The Morgan fingerprint density at radius 2 is 2.29 bits per heavy atom. The molecule has 1 aromatic carbocycles. The van der Waals surface area contributed by atoms with E-state index in [-0.39, 0.29) is 12.1 Å². The van der Waals surface area contributed by atoms with Gasteiger partial charge in [-0.05, 0) is 32.9 Å². The second-order valence-corrected chi connectivity index (χ2v) is 6.75. The van der Waals surface area contributed by atoms with Gasteiger partial charge in [-0.25, -0.2) is 4.79 Å². The van der Waals surface area contributed by atoms with E-state index in [2.05, 4.69) is 20.8 Å². The number of anilines is 1. The second kappa shape index (κ2) is 7.04. The third kappa shape index (κ3) is 3.76. The Morgan fingerprint density at radius 1 is 1.46 bits per heavy atom. The van der Waals surface area contributed by atoms with Crippen molar-refractivity contribution in [1.29, 1.82) is 0 Å². The first-order valence-corrected chi connectivity index (χ1v) is 8.67. The molecule has 0 saturated heterocycles. The van der Waals surface area contributed by atoms with Crippen molar-refractivity contribution in [2.45, 2.75) is 39.8 Å². The summed E-state index contributed by atoms with van der Waals surface area (Å²) in [5, 5.41) is 14.5. The summed E-state index contributed by atoms with van der Waals surface area (Å²) in [5.74, 6) is 1.64. The SMILES string of the molecule is CCOc1cc2c(cc1CNC(=O)Nc1nnc(C)s1)O[C@H](C)C2. The number of fused-ring (bicyclic) bond motifs is 1. The molecule has 0 unspecified atom stereocenters. The van der Waals surface area contributed by atoms with Crippen LogP contribution in [0.25, 0.3) is 0 Å². The van der Waals surface area contributed by atoms with Gasteiger partial charge in [-0.3, -0.25) is 5.32 Å². The molecule has 24 heavy (non-hydrogen) atoms. The van der Waals surface area contributed by atoms with Gasteiger partial charge in [-0.1, -0.05) is 11.3 Å². The third-order valence-corrected chi connectivity index (χ3v) is 4.32. The molecule has 0 bridgehead atoms. The van der Waals surface area contributed by atoms with Crippen molar-refractivity contribution in [3.8, 4) is 11.5 Å². The average Bonchev–Trinajstić information content (AvgIpc) is 3.09. The zero-order chi connectivity index (χ0) is 17.1. The van der Waals surface area contributed by atoms with Crippen LogP contribution in [0, 0.1) is 6.92 Å². The van der Waals surface area contributed by atoms with Gasteiger partial charge in [0.2, 0.25) is 5.13 Å². The number of carbonyl (C=O) groups excluding carboxylic acids is 1. The Labute approximate surface area is 144 Å². The van der Waals surface area contributed by atoms with Crippen LogP contribution in [0.15, 0.2) is 12.1 Å². The molecule has 0 spiro atoms. The molecule has 0 aliphatic carbocycles.